The molecular formula is C25H29F3N2O6. The van der Waals surface area contributed by atoms with Crippen molar-refractivity contribution in [2.24, 2.45) is 0 Å². The Kier molecular flexibility index (Phi) is 8.35. The molecule has 2 aromatic carbocycles. The molecule has 0 spiro atoms. The first-order chi connectivity index (χ1) is 17.2. The van der Waals surface area contributed by atoms with Gasteiger partial charge in [-0.15, -0.1) is 13.2 Å². The van der Waals surface area contributed by atoms with Crippen LogP contribution in [0.3, 0.4) is 0 Å². The molecule has 2 saturated heterocycles. The number of methoxy groups -OCH3 is 1. The molecule has 2 heterocycles. The Bertz CT molecular complexity index is 1020. The molecule has 5 atom stereocenters. The second kappa shape index (κ2) is 11.5. The maximum atomic E-state index is 12.6. The van der Waals surface area contributed by atoms with Crippen LogP contribution in [-0.2, 0) is 27.4 Å². The quantitative estimate of drug-likeness (QED) is 0.452. The van der Waals surface area contributed by atoms with Crippen molar-refractivity contribution in [1.29, 1.82) is 0 Å². The van der Waals surface area contributed by atoms with Gasteiger partial charge in [0.05, 0.1) is 31.8 Å². The molecule has 2 aliphatic rings. The zero-order valence-corrected chi connectivity index (χ0v) is 19.7. The molecule has 36 heavy (non-hydrogen) atoms. The molecule has 2 aliphatic heterocycles. The first-order valence-corrected chi connectivity index (χ1v) is 11.6. The third kappa shape index (κ3) is 6.88. The zero-order valence-electron chi connectivity index (χ0n) is 19.7. The standard InChI is InChI=1S/C25H29F3N2O6/c1-33-17-8-6-15(7-9-17)12-30-22(31)11-18-10-20-24(34-18)23(32)21(35-20)14-29-13-16-4-2-3-5-19(16)36-25(26,27)28/h2-9,18,20-21,23-24,29,32H,10-14H2,1H3,(H,30,31). The number of carbonyl (C=O) groups excluding carboxylic acids is 1. The van der Waals surface area contributed by atoms with Crippen LogP contribution in [0, 0.1) is 0 Å². The maximum Gasteiger partial charge on any atom is 0.573 e. The summed E-state index contributed by atoms with van der Waals surface area (Å²) >= 11 is 0. The zero-order chi connectivity index (χ0) is 25.7. The van der Waals surface area contributed by atoms with Gasteiger partial charge in [0.25, 0.3) is 0 Å². The molecule has 0 aliphatic carbocycles. The number of fused-ring (bicyclic) bond motifs is 1. The van der Waals surface area contributed by atoms with Crippen LogP contribution in [0.1, 0.15) is 24.0 Å². The van der Waals surface area contributed by atoms with Crippen LogP contribution in [0.5, 0.6) is 11.5 Å². The molecule has 5 unspecified atom stereocenters. The first-order valence-electron chi connectivity index (χ1n) is 11.6. The summed E-state index contributed by atoms with van der Waals surface area (Å²) in [6.07, 6.45) is -6.94. The fourth-order valence-electron chi connectivity index (χ4n) is 4.46. The van der Waals surface area contributed by atoms with E-state index in [0.717, 1.165) is 11.3 Å². The van der Waals surface area contributed by atoms with Gasteiger partial charge in [0.15, 0.2) is 0 Å². The van der Waals surface area contributed by atoms with Crippen molar-refractivity contribution in [3.05, 3.63) is 59.7 Å². The average Bonchev–Trinajstić information content (AvgIpc) is 3.36. The van der Waals surface area contributed by atoms with Gasteiger partial charge >= 0.3 is 6.36 Å². The molecular weight excluding hydrogens is 481 g/mol. The van der Waals surface area contributed by atoms with E-state index in [9.17, 15) is 23.1 Å². The molecule has 8 nitrogen and oxygen atoms in total. The van der Waals surface area contributed by atoms with Gasteiger partial charge in [-0.2, -0.15) is 0 Å². The molecule has 4 rings (SSSR count). The number of benzene rings is 2. The molecule has 2 fully saturated rings. The minimum atomic E-state index is -4.78. The Balaban J connectivity index is 1.19. The van der Waals surface area contributed by atoms with Crippen LogP contribution in [0.2, 0.25) is 0 Å². The van der Waals surface area contributed by atoms with Crippen LogP contribution in [0.4, 0.5) is 13.2 Å². The molecule has 0 bridgehead atoms. The minimum Gasteiger partial charge on any atom is -0.497 e. The van der Waals surface area contributed by atoms with Crippen molar-refractivity contribution in [2.75, 3.05) is 13.7 Å². The van der Waals surface area contributed by atoms with E-state index in [4.69, 9.17) is 14.2 Å². The third-order valence-electron chi connectivity index (χ3n) is 6.20. The summed E-state index contributed by atoms with van der Waals surface area (Å²) in [5.74, 6) is 0.297. The molecule has 0 radical (unpaired) electrons. The van der Waals surface area contributed by atoms with Crippen molar-refractivity contribution in [1.82, 2.24) is 10.6 Å². The number of hydrogen-bond donors (Lipinski definition) is 3. The Hall–Kier alpha value is -2.86. The van der Waals surface area contributed by atoms with E-state index >= 15 is 0 Å². The van der Waals surface area contributed by atoms with E-state index in [1.54, 1.807) is 13.2 Å². The number of halogens is 3. The predicted octanol–water partition coefficient (Wildman–Crippen LogP) is 2.68. The number of hydrogen-bond acceptors (Lipinski definition) is 7. The summed E-state index contributed by atoms with van der Waals surface area (Å²) in [6, 6.07) is 13.2. The third-order valence-corrected chi connectivity index (χ3v) is 6.20. The van der Waals surface area contributed by atoms with Crippen LogP contribution in [0.25, 0.3) is 0 Å². The summed E-state index contributed by atoms with van der Waals surface area (Å²) in [7, 11) is 1.59. The van der Waals surface area contributed by atoms with Crippen LogP contribution in [-0.4, -0.2) is 61.6 Å². The first kappa shape index (κ1) is 26.2. The van der Waals surface area contributed by atoms with E-state index in [-0.39, 0.29) is 43.4 Å². The van der Waals surface area contributed by atoms with Gasteiger partial charge in [0.1, 0.15) is 23.7 Å². The smallest absolute Gasteiger partial charge is 0.497 e. The normalized spacial score (nSPS) is 25.4. The number of para-hydroxylation sites is 1. The van der Waals surface area contributed by atoms with Crippen LogP contribution < -0.4 is 20.1 Å². The van der Waals surface area contributed by atoms with E-state index in [1.165, 1.54) is 18.2 Å². The van der Waals surface area contributed by atoms with E-state index in [1.807, 2.05) is 24.3 Å². The Morgan fingerprint density at radius 3 is 2.56 bits per heavy atom. The van der Waals surface area contributed by atoms with Gasteiger partial charge in [-0.25, -0.2) is 0 Å². The number of ether oxygens (including phenoxy) is 4. The fourth-order valence-corrected chi connectivity index (χ4v) is 4.46. The number of alkyl halides is 3. The second-order valence-corrected chi connectivity index (χ2v) is 8.78. The number of amides is 1. The Morgan fingerprint density at radius 1 is 1.11 bits per heavy atom. The van der Waals surface area contributed by atoms with Gasteiger partial charge in [0.2, 0.25) is 5.91 Å². The number of rotatable bonds is 10. The molecule has 0 aromatic heterocycles. The van der Waals surface area contributed by atoms with Crippen molar-refractivity contribution < 1.29 is 42.0 Å². The molecule has 0 saturated carbocycles. The minimum absolute atomic E-state index is 0.103. The summed E-state index contributed by atoms with van der Waals surface area (Å²) in [5, 5.41) is 16.5. The van der Waals surface area contributed by atoms with Crippen molar-refractivity contribution in [3.63, 3.8) is 0 Å². The lowest BCUT2D eigenvalue weighted by Gasteiger charge is -2.20. The highest BCUT2D eigenvalue weighted by molar-refractivity contribution is 5.76. The topological polar surface area (TPSA) is 98.3 Å². The van der Waals surface area contributed by atoms with Gasteiger partial charge in [-0.3, -0.25) is 4.79 Å². The summed E-state index contributed by atoms with van der Waals surface area (Å²) in [6.45, 7) is 0.698. The summed E-state index contributed by atoms with van der Waals surface area (Å²) < 4.78 is 58.8. The molecule has 196 valence electrons. The molecule has 2 aromatic rings. The van der Waals surface area contributed by atoms with Crippen LogP contribution >= 0.6 is 0 Å². The monoisotopic (exact) mass is 510 g/mol. The number of aliphatic hydroxyl groups excluding tert-OH is 1. The van der Waals surface area contributed by atoms with Crippen molar-refractivity contribution in [3.8, 4) is 11.5 Å². The van der Waals surface area contributed by atoms with Crippen molar-refractivity contribution >= 4 is 5.91 Å². The molecule has 3 N–H and O–H groups in total. The van der Waals surface area contributed by atoms with Gasteiger partial charge < -0.3 is 34.7 Å². The van der Waals surface area contributed by atoms with Gasteiger partial charge in [-0.05, 0) is 23.8 Å². The predicted molar refractivity (Wildman–Crippen MR) is 122 cm³/mol. The maximum absolute atomic E-state index is 12.6. The fraction of sp³-hybridized carbons (Fsp3) is 0.480. The van der Waals surface area contributed by atoms with Gasteiger partial charge in [-0.1, -0.05) is 30.3 Å². The Labute approximate surface area is 206 Å². The molecule has 1 amide bonds. The Morgan fingerprint density at radius 2 is 1.86 bits per heavy atom. The highest BCUT2D eigenvalue weighted by Gasteiger charge is 2.50. The number of nitrogens with one attached hydrogen (secondary N) is 2. The van der Waals surface area contributed by atoms with Gasteiger partial charge in [0, 0.05) is 31.6 Å². The summed E-state index contributed by atoms with van der Waals surface area (Å²) in [4.78, 5) is 12.3. The second-order valence-electron chi connectivity index (χ2n) is 8.78. The lowest BCUT2D eigenvalue weighted by molar-refractivity contribution is -0.274. The van der Waals surface area contributed by atoms with E-state index in [2.05, 4.69) is 15.4 Å². The highest BCUT2D eigenvalue weighted by atomic mass is 19.4. The average molecular weight is 511 g/mol. The SMILES string of the molecule is COc1ccc(CNC(=O)CC2CC3OC(CNCc4ccccc4OC(F)(F)F)C(O)C3O2)cc1. The van der Waals surface area contributed by atoms with E-state index < -0.39 is 24.7 Å². The number of aliphatic hydroxyl groups is 1. The largest absolute Gasteiger partial charge is 0.573 e. The number of carbonyl (C=O) groups is 1. The van der Waals surface area contributed by atoms with Crippen molar-refractivity contribution in [2.45, 2.75) is 62.8 Å². The lowest BCUT2D eigenvalue weighted by Crippen LogP contribution is -2.39. The molecule has 11 heteroatoms. The summed E-state index contributed by atoms with van der Waals surface area (Å²) in [5.41, 5.74) is 1.27. The van der Waals surface area contributed by atoms with Crippen LogP contribution in [0.15, 0.2) is 48.5 Å². The highest BCUT2D eigenvalue weighted by Crippen LogP contribution is 2.35. The lowest BCUT2D eigenvalue weighted by atomic mass is 10.1. The van der Waals surface area contributed by atoms with E-state index in [0.29, 0.717) is 18.5 Å².